The standard InChI is InChI=1S/C41H38N2/c1-28-12-7-8-17-34(28)38-27-32(22-20-29(38)2)31-15-11-16-33(26-31)43-40-19-10-9-18-35(40)36-24-25-39(42-3)37(41(36)43)23-21-30-13-5-4-6-14-30/h7-13,15-20,22,24-27H,3-6,14,21,23H2,1-2H3. The minimum atomic E-state index is 0.964. The highest BCUT2D eigenvalue weighted by atomic mass is 15.0. The highest BCUT2D eigenvalue weighted by molar-refractivity contribution is 6.11. The highest BCUT2D eigenvalue weighted by Crippen LogP contribution is 2.40. The number of allylic oxidation sites excluding steroid dienone is 2. The number of aliphatic imine (C=N–C) groups is 1. The minimum Gasteiger partial charge on any atom is -0.309 e. The molecule has 5 aromatic carbocycles. The van der Waals surface area contributed by atoms with Crippen LogP contribution < -0.4 is 0 Å². The third-order valence-corrected chi connectivity index (χ3v) is 9.28. The van der Waals surface area contributed by atoms with E-state index in [0.29, 0.717) is 0 Å². The van der Waals surface area contributed by atoms with Crippen LogP contribution >= 0.6 is 0 Å². The number of rotatable bonds is 7. The third-order valence-electron chi connectivity index (χ3n) is 9.28. The molecule has 0 unspecified atom stereocenters. The predicted molar refractivity (Wildman–Crippen MR) is 185 cm³/mol. The van der Waals surface area contributed by atoms with Crippen molar-refractivity contribution in [2.75, 3.05) is 0 Å². The lowest BCUT2D eigenvalue weighted by atomic mass is 9.92. The molecule has 212 valence electrons. The molecule has 2 heteroatoms. The van der Waals surface area contributed by atoms with Gasteiger partial charge < -0.3 is 4.57 Å². The Hall–Kier alpha value is -4.69. The van der Waals surface area contributed by atoms with E-state index in [2.05, 4.69) is 139 Å². The number of hydrogen-bond donors (Lipinski definition) is 0. The molecule has 2 nitrogen and oxygen atoms in total. The van der Waals surface area contributed by atoms with Crippen molar-refractivity contribution in [1.82, 2.24) is 4.57 Å². The summed E-state index contributed by atoms with van der Waals surface area (Å²) < 4.78 is 2.46. The van der Waals surface area contributed by atoms with Gasteiger partial charge in [0.1, 0.15) is 0 Å². The van der Waals surface area contributed by atoms with Gasteiger partial charge in [0.05, 0.1) is 16.7 Å². The van der Waals surface area contributed by atoms with Crippen LogP contribution in [-0.4, -0.2) is 11.3 Å². The second-order valence-electron chi connectivity index (χ2n) is 12.0. The van der Waals surface area contributed by atoms with Crippen LogP contribution in [0.1, 0.15) is 48.8 Å². The van der Waals surface area contributed by atoms with Gasteiger partial charge in [0.25, 0.3) is 0 Å². The number of benzene rings is 5. The zero-order valence-corrected chi connectivity index (χ0v) is 25.2. The summed E-state index contributed by atoms with van der Waals surface area (Å²) in [4.78, 5) is 4.53. The molecule has 1 aliphatic rings. The molecule has 1 aromatic heterocycles. The van der Waals surface area contributed by atoms with Crippen molar-refractivity contribution in [2.45, 2.75) is 52.4 Å². The van der Waals surface area contributed by atoms with Gasteiger partial charge in [-0.25, -0.2) is 0 Å². The van der Waals surface area contributed by atoms with Gasteiger partial charge in [0, 0.05) is 22.0 Å². The number of aryl methyl sites for hydroxylation is 3. The molecule has 1 aliphatic carbocycles. The lowest BCUT2D eigenvalue weighted by molar-refractivity contribution is 0.674. The lowest BCUT2D eigenvalue weighted by Gasteiger charge is -2.17. The summed E-state index contributed by atoms with van der Waals surface area (Å²) in [6.07, 6.45) is 9.56. The van der Waals surface area contributed by atoms with E-state index in [0.717, 1.165) is 18.5 Å². The van der Waals surface area contributed by atoms with E-state index in [9.17, 15) is 0 Å². The molecule has 0 N–H and O–H groups in total. The number of para-hydroxylation sites is 1. The van der Waals surface area contributed by atoms with Crippen molar-refractivity contribution in [3.8, 4) is 27.9 Å². The molecular weight excluding hydrogens is 520 g/mol. The molecule has 0 saturated heterocycles. The summed E-state index contributed by atoms with van der Waals surface area (Å²) in [5.74, 6) is 0. The fourth-order valence-electron chi connectivity index (χ4n) is 6.99. The van der Waals surface area contributed by atoms with Gasteiger partial charge in [-0.2, -0.15) is 0 Å². The number of nitrogens with zero attached hydrogens (tertiary/aromatic N) is 2. The van der Waals surface area contributed by atoms with Crippen molar-refractivity contribution in [3.63, 3.8) is 0 Å². The predicted octanol–water partition coefficient (Wildman–Crippen LogP) is 11.5. The maximum Gasteiger partial charge on any atom is 0.0675 e. The number of hydrogen-bond acceptors (Lipinski definition) is 1. The van der Waals surface area contributed by atoms with Crippen molar-refractivity contribution in [2.24, 2.45) is 4.99 Å². The molecule has 1 heterocycles. The van der Waals surface area contributed by atoms with E-state index in [-0.39, 0.29) is 0 Å². The Morgan fingerprint density at radius 3 is 2.35 bits per heavy atom. The van der Waals surface area contributed by atoms with Gasteiger partial charge >= 0.3 is 0 Å². The van der Waals surface area contributed by atoms with Gasteiger partial charge in [0.15, 0.2) is 0 Å². The second kappa shape index (κ2) is 11.5. The number of fused-ring (bicyclic) bond motifs is 3. The quantitative estimate of drug-likeness (QED) is 0.137. The van der Waals surface area contributed by atoms with Gasteiger partial charge in [0.2, 0.25) is 0 Å². The molecular formula is C41H38N2. The van der Waals surface area contributed by atoms with Crippen LogP contribution in [0.2, 0.25) is 0 Å². The first-order valence-electron chi connectivity index (χ1n) is 15.6. The zero-order chi connectivity index (χ0) is 29.3. The smallest absolute Gasteiger partial charge is 0.0675 e. The zero-order valence-electron chi connectivity index (χ0n) is 25.2. The molecule has 0 radical (unpaired) electrons. The summed E-state index contributed by atoms with van der Waals surface area (Å²) in [5.41, 5.74) is 15.1. The Bertz CT molecular complexity index is 2020. The first kappa shape index (κ1) is 27.2. The fraction of sp³-hybridized carbons (Fsp3) is 0.195. The van der Waals surface area contributed by atoms with E-state index in [1.165, 1.54) is 92.1 Å². The normalized spacial score (nSPS) is 13.4. The Balaban J connectivity index is 1.40. The van der Waals surface area contributed by atoms with E-state index in [1.54, 1.807) is 5.57 Å². The topological polar surface area (TPSA) is 17.3 Å². The summed E-state index contributed by atoms with van der Waals surface area (Å²) in [7, 11) is 0. The average Bonchev–Trinajstić information content (AvgIpc) is 3.39. The van der Waals surface area contributed by atoms with E-state index >= 15 is 0 Å². The monoisotopic (exact) mass is 558 g/mol. The van der Waals surface area contributed by atoms with Crippen LogP contribution in [0.4, 0.5) is 5.69 Å². The average molecular weight is 559 g/mol. The van der Waals surface area contributed by atoms with E-state index < -0.39 is 0 Å². The van der Waals surface area contributed by atoms with Crippen LogP contribution in [0.5, 0.6) is 0 Å². The maximum absolute atomic E-state index is 4.53. The first-order valence-corrected chi connectivity index (χ1v) is 15.6. The molecule has 7 rings (SSSR count). The van der Waals surface area contributed by atoms with Gasteiger partial charge in [-0.05, 0) is 123 Å². The van der Waals surface area contributed by atoms with Crippen molar-refractivity contribution in [3.05, 3.63) is 131 Å². The first-order chi connectivity index (χ1) is 21.1. The Morgan fingerprint density at radius 1 is 0.698 bits per heavy atom. The third kappa shape index (κ3) is 5.02. The Kier molecular flexibility index (Phi) is 7.28. The minimum absolute atomic E-state index is 0.964. The van der Waals surface area contributed by atoms with Crippen molar-refractivity contribution < 1.29 is 0 Å². The summed E-state index contributed by atoms with van der Waals surface area (Å²) in [6.45, 7) is 8.37. The maximum atomic E-state index is 4.53. The van der Waals surface area contributed by atoms with Crippen molar-refractivity contribution in [1.29, 1.82) is 0 Å². The van der Waals surface area contributed by atoms with Crippen molar-refractivity contribution >= 4 is 34.2 Å². The molecule has 0 atom stereocenters. The molecule has 0 spiro atoms. The largest absolute Gasteiger partial charge is 0.309 e. The van der Waals surface area contributed by atoms with E-state index in [1.807, 2.05) is 0 Å². The Labute approximate surface area is 255 Å². The summed E-state index contributed by atoms with van der Waals surface area (Å²) >= 11 is 0. The van der Waals surface area contributed by atoms with Crippen LogP contribution in [0.3, 0.4) is 0 Å². The fourth-order valence-corrected chi connectivity index (χ4v) is 6.99. The van der Waals surface area contributed by atoms with Crippen LogP contribution in [0.15, 0.2) is 120 Å². The Morgan fingerprint density at radius 2 is 1.51 bits per heavy atom. The lowest BCUT2D eigenvalue weighted by Crippen LogP contribution is -2.00. The van der Waals surface area contributed by atoms with Crippen LogP contribution in [-0.2, 0) is 6.42 Å². The highest BCUT2D eigenvalue weighted by Gasteiger charge is 2.19. The van der Waals surface area contributed by atoms with Gasteiger partial charge in [-0.3, -0.25) is 4.99 Å². The summed E-state index contributed by atoms with van der Waals surface area (Å²) in [5, 5.41) is 2.55. The molecule has 0 fully saturated rings. The van der Waals surface area contributed by atoms with Crippen LogP contribution in [0.25, 0.3) is 49.7 Å². The molecule has 0 aliphatic heterocycles. The molecule has 0 bridgehead atoms. The number of aromatic nitrogens is 1. The molecule has 6 aromatic rings. The SMILES string of the molecule is C=Nc1ccc2c3ccccc3n(-c3cccc(-c4ccc(C)c(-c5ccccc5C)c4)c3)c2c1CCC1=CCCCC1. The molecule has 0 saturated carbocycles. The van der Waals surface area contributed by atoms with Gasteiger partial charge in [-0.15, -0.1) is 0 Å². The van der Waals surface area contributed by atoms with E-state index in [4.69, 9.17) is 0 Å². The second-order valence-corrected chi connectivity index (χ2v) is 12.0. The van der Waals surface area contributed by atoms with Gasteiger partial charge in [-0.1, -0.05) is 84.4 Å². The van der Waals surface area contributed by atoms with Crippen LogP contribution in [0, 0.1) is 13.8 Å². The summed E-state index contributed by atoms with van der Waals surface area (Å²) in [6, 6.07) is 37.7. The molecule has 0 amide bonds. The molecule has 43 heavy (non-hydrogen) atoms.